The number of hydrogen-bond acceptors (Lipinski definition) is 0. The van der Waals surface area contributed by atoms with Crippen molar-refractivity contribution in [1.82, 2.24) is 0 Å². The van der Waals surface area contributed by atoms with E-state index < -0.39 is 0 Å². The Hall–Kier alpha value is -0.350. The van der Waals surface area contributed by atoms with Crippen LogP contribution < -0.4 is 0 Å². The van der Waals surface area contributed by atoms with E-state index in [9.17, 15) is 0 Å². The highest BCUT2D eigenvalue weighted by molar-refractivity contribution is 7.60. The molecule has 0 aromatic heterocycles. The molecule has 3 rings (SSSR count). The molecule has 0 nitrogen and oxygen atoms in total. The monoisotopic (exact) mass is 260 g/mol. The Kier molecular flexibility index (Phi) is 3.76. The fourth-order valence-electron chi connectivity index (χ4n) is 3.90. The highest BCUT2D eigenvalue weighted by Crippen LogP contribution is 2.62. The third-order valence-corrected chi connectivity index (χ3v) is 8.88. The van der Waals surface area contributed by atoms with Crippen LogP contribution in [0, 0.1) is 5.92 Å². The van der Waals surface area contributed by atoms with E-state index in [2.05, 4.69) is 44.2 Å². The Morgan fingerprint density at radius 3 is 2.56 bits per heavy atom. The minimum Gasteiger partial charge on any atom is -0.0879 e. The smallest absolute Gasteiger partial charge is 0.00114 e. The normalized spacial score (nSPS) is 40.4. The van der Waals surface area contributed by atoms with Gasteiger partial charge in [0.15, 0.2) is 0 Å². The van der Waals surface area contributed by atoms with E-state index in [4.69, 9.17) is 0 Å². The van der Waals surface area contributed by atoms with Crippen LogP contribution in [0.4, 0.5) is 0 Å². The van der Waals surface area contributed by atoms with E-state index >= 15 is 0 Å². The second-order valence-corrected chi connectivity index (χ2v) is 8.97. The summed E-state index contributed by atoms with van der Waals surface area (Å²) in [7, 11) is 0.115. The molecule has 0 amide bonds. The molecular weight excluding hydrogens is 235 g/mol. The van der Waals surface area contributed by atoms with Gasteiger partial charge in [-0.1, -0.05) is 50.8 Å². The molecule has 0 spiro atoms. The molecule has 0 N–H and O–H groups in total. The number of rotatable bonds is 3. The molecule has 0 saturated heterocycles. The molecule has 5 atom stereocenters. The van der Waals surface area contributed by atoms with Gasteiger partial charge in [-0.25, -0.2) is 0 Å². The molecule has 18 heavy (non-hydrogen) atoms. The van der Waals surface area contributed by atoms with Gasteiger partial charge in [-0.15, -0.1) is 0 Å². The third-order valence-electron chi connectivity index (χ3n) is 4.93. The predicted molar refractivity (Wildman–Crippen MR) is 82.6 cm³/mol. The standard InChI is InChI=1S/C17H25P/c1-13-7-5-11-16(13)18(15-9-3-4-10-15)17-12-6-8-14(17)2/h3,5,8-9,11,13,15-17H,4,6-7,10,12H2,1-2H3/t13-,15?,16+,17-,18?/m0/s1. The van der Waals surface area contributed by atoms with E-state index in [0.29, 0.717) is 0 Å². The first kappa shape index (κ1) is 12.7. The Labute approximate surface area is 113 Å². The van der Waals surface area contributed by atoms with Gasteiger partial charge in [0.05, 0.1) is 0 Å². The zero-order valence-corrected chi connectivity index (χ0v) is 12.6. The molecule has 0 aromatic rings. The molecule has 0 aromatic carbocycles. The SMILES string of the molecule is CC1=CCC[C@@H]1P(C1C=CCC1)[C@@H]1C=CC[C@@H]1C. The summed E-state index contributed by atoms with van der Waals surface area (Å²) in [5.41, 5.74) is 4.41. The van der Waals surface area contributed by atoms with Gasteiger partial charge < -0.3 is 0 Å². The zero-order valence-electron chi connectivity index (χ0n) is 11.7. The van der Waals surface area contributed by atoms with Crippen LogP contribution in [0.25, 0.3) is 0 Å². The summed E-state index contributed by atoms with van der Waals surface area (Å²) in [5, 5.41) is 0. The van der Waals surface area contributed by atoms with Crippen molar-refractivity contribution >= 4 is 7.92 Å². The molecule has 2 unspecified atom stereocenters. The largest absolute Gasteiger partial charge is 0.0879 e. The quantitative estimate of drug-likeness (QED) is 0.479. The first-order chi connectivity index (χ1) is 8.77. The van der Waals surface area contributed by atoms with Gasteiger partial charge in [-0.2, -0.15) is 0 Å². The summed E-state index contributed by atoms with van der Waals surface area (Å²) in [6.45, 7) is 4.85. The molecule has 3 aliphatic rings. The van der Waals surface area contributed by atoms with E-state index in [-0.39, 0.29) is 7.92 Å². The summed E-state index contributed by atoms with van der Waals surface area (Å²) in [6, 6.07) is 0. The molecule has 0 bridgehead atoms. The molecule has 0 radical (unpaired) electrons. The highest BCUT2D eigenvalue weighted by atomic mass is 31.1. The fraction of sp³-hybridized carbons (Fsp3) is 0.647. The Balaban J connectivity index is 1.85. The summed E-state index contributed by atoms with van der Waals surface area (Å²) < 4.78 is 0. The zero-order chi connectivity index (χ0) is 12.5. The molecular formula is C17H25P. The maximum atomic E-state index is 2.56. The highest BCUT2D eigenvalue weighted by Gasteiger charge is 2.38. The van der Waals surface area contributed by atoms with Crippen LogP contribution in [-0.2, 0) is 0 Å². The van der Waals surface area contributed by atoms with Crippen LogP contribution in [0.2, 0.25) is 0 Å². The van der Waals surface area contributed by atoms with Crippen molar-refractivity contribution in [3.05, 3.63) is 36.0 Å². The van der Waals surface area contributed by atoms with Crippen molar-refractivity contribution in [2.75, 3.05) is 0 Å². The van der Waals surface area contributed by atoms with Gasteiger partial charge in [0.1, 0.15) is 0 Å². The van der Waals surface area contributed by atoms with Crippen LogP contribution in [0.5, 0.6) is 0 Å². The maximum absolute atomic E-state index is 2.56. The average Bonchev–Trinajstić information content (AvgIpc) is 3.05. The van der Waals surface area contributed by atoms with Crippen molar-refractivity contribution in [2.24, 2.45) is 5.92 Å². The summed E-state index contributed by atoms with van der Waals surface area (Å²) >= 11 is 0. The lowest BCUT2D eigenvalue weighted by Crippen LogP contribution is -2.22. The fourth-order valence-corrected chi connectivity index (χ4v) is 8.04. The lowest BCUT2D eigenvalue weighted by Gasteiger charge is -2.37. The minimum absolute atomic E-state index is 0.115. The average molecular weight is 260 g/mol. The van der Waals surface area contributed by atoms with Crippen molar-refractivity contribution in [2.45, 2.75) is 62.9 Å². The Morgan fingerprint density at radius 1 is 1.11 bits per heavy atom. The van der Waals surface area contributed by atoms with Gasteiger partial charge in [-0.3, -0.25) is 0 Å². The summed E-state index contributed by atoms with van der Waals surface area (Å²) in [6.07, 6.45) is 19.3. The lowest BCUT2D eigenvalue weighted by molar-refractivity contribution is 0.636. The molecule has 3 aliphatic carbocycles. The molecule has 0 aliphatic heterocycles. The van der Waals surface area contributed by atoms with Crippen molar-refractivity contribution in [3.63, 3.8) is 0 Å². The molecule has 0 saturated carbocycles. The van der Waals surface area contributed by atoms with E-state index in [0.717, 1.165) is 22.9 Å². The van der Waals surface area contributed by atoms with Gasteiger partial charge in [0, 0.05) is 11.3 Å². The topological polar surface area (TPSA) is 0 Å². The predicted octanol–water partition coefficient (Wildman–Crippen LogP) is 5.26. The number of hydrogen-bond donors (Lipinski definition) is 0. The van der Waals surface area contributed by atoms with Crippen LogP contribution in [-0.4, -0.2) is 17.0 Å². The number of allylic oxidation sites excluding steroid dienone is 6. The Bertz CT molecular complexity index is 388. The van der Waals surface area contributed by atoms with Gasteiger partial charge in [0.2, 0.25) is 0 Å². The summed E-state index contributed by atoms with van der Waals surface area (Å²) in [5.74, 6) is 0.888. The van der Waals surface area contributed by atoms with Gasteiger partial charge in [-0.05, 0) is 50.6 Å². The summed E-state index contributed by atoms with van der Waals surface area (Å²) in [4.78, 5) is 0. The third kappa shape index (κ3) is 2.25. The van der Waals surface area contributed by atoms with E-state index in [1.54, 1.807) is 5.57 Å². The molecule has 1 heteroatoms. The second kappa shape index (κ2) is 5.33. The lowest BCUT2D eigenvalue weighted by atomic mass is 10.1. The van der Waals surface area contributed by atoms with Crippen LogP contribution >= 0.6 is 7.92 Å². The van der Waals surface area contributed by atoms with Crippen molar-refractivity contribution < 1.29 is 0 Å². The van der Waals surface area contributed by atoms with Crippen molar-refractivity contribution in [3.8, 4) is 0 Å². The van der Waals surface area contributed by atoms with Crippen LogP contribution in [0.15, 0.2) is 36.0 Å². The van der Waals surface area contributed by atoms with Crippen molar-refractivity contribution in [1.29, 1.82) is 0 Å². The Morgan fingerprint density at radius 2 is 2.00 bits per heavy atom. The minimum atomic E-state index is 0.115. The second-order valence-electron chi connectivity index (χ2n) is 6.19. The first-order valence-electron chi connectivity index (χ1n) is 7.55. The van der Waals surface area contributed by atoms with Crippen LogP contribution in [0.3, 0.4) is 0 Å². The van der Waals surface area contributed by atoms with E-state index in [1.165, 1.54) is 32.1 Å². The van der Waals surface area contributed by atoms with E-state index in [1.807, 2.05) is 0 Å². The van der Waals surface area contributed by atoms with Crippen LogP contribution in [0.1, 0.15) is 46.0 Å². The maximum Gasteiger partial charge on any atom is 0.00114 e. The molecule has 0 fully saturated rings. The van der Waals surface area contributed by atoms with Gasteiger partial charge >= 0.3 is 0 Å². The molecule has 0 heterocycles. The molecule has 98 valence electrons. The van der Waals surface area contributed by atoms with Gasteiger partial charge in [0.25, 0.3) is 0 Å². The first-order valence-corrected chi connectivity index (χ1v) is 9.09.